The first-order valence-corrected chi connectivity index (χ1v) is 9.66. The van der Waals surface area contributed by atoms with Gasteiger partial charge in [-0.1, -0.05) is 30.3 Å². The fourth-order valence-electron chi connectivity index (χ4n) is 3.63. The van der Waals surface area contributed by atoms with Crippen molar-refractivity contribution in [1.29, 1.82) is 0 Å². The number of aryl methyl sites for hydroxylation is 1. The first kappa shape index (κ1) is 17.6. The SMILES string of the molecule is CC1CCc2ccccc2N1CC(=O)Nc1ccccc1C(=O)NC1CC1. The molecule has 1 atom stereocenters. The van der Waals surface area contributed by atoms with Crippen LogP contribution in [0, 0.1) is 0 Å². The van der Waals surface area contributed by atoms with Gasteiger partial charge in [0, 0.05) is 17.8 Å². The average molecular weight is 363 g/mol. The van der Waals surface area contributed by atoms with Crippen LogP contribution in [-0.4, -0.2) is 30.4 Å². The van der Waals surface area contributed by atoms with Crippen LogP contribution in [0.2, 0.25) is 0 Å². The molecule has 2 aromatic rings. The van der Waals surface area contributed by atoms with Gasteiger partial charge in [-0.05, 0) is 56.4 Å². The van der Waals surface area contributed by atoms with Gasteiger partial charge >= 0.3 is 0 Å². The second kappa shape index (κ2) is 7.43. The lowest BCUT2D eigenvalue weighted by Gasteiger charge is -2.36. The molecule has 0 spiro atoms. The van der Waals surface area contributed by atoms with Crippen molar-refractivity contribution in [2.45, 2.75) is 44.7 Å². The molecular formula is C22H25N3O2. The highest BCUT2D eigenvalue weighted by Gasteiger charge is 2.26. The van der Waals surface area contributed by atoms with E-state index in [1.54, 1.807) is 12.1 Å². The van der Waals surface area contributed by atoms with Gasteiger partial charge in [0.15, 0.2) is 0 Å². The van der Waals surface area contributed by atoms with Crippen LogP contribution in [-0.2, 0) is 11.2 Å². The van der Waals surface area contributed by atoms with Gasteiger partial charge in [-0.3, -0.25) is 9.59 Å². The zero-order valence-electron chi connectivity index (χ0n) is 15.6. The normalized spacial score (nSPS) is 18.6. The summed E-state index contributed by atoms with van der Waals surface area (Å²) in [5.41, 5.74) is 3.50. The molecule has 2 amide bonds. The molecule has 0 aromatic heterocycles. The first-order chi connectivity index (χ1) is 13.1. The van der Waals surface area contributed by atoms with Gasteiger partial charge in [0.05, 0.1) is 17.8 Å². The van der Waals surface area contributed by atoms with Crippen molar-refractivity contribution in [2.24, 2.45) is 0 Å². The summed E-state index contributed by atoms with van der Waals surface area (Å²) in [6.45, 7) is 2.43. The van der Waals surface area contributed by atoms with Gasteiger partial charge in [-0.25, -0.2) is 0 Å². The van der Waals surface area contributed by atoms with Crippen molar-refractivity contribution in [3.8, 4) is 0 Å². The second-order valence-corrected chi connectivity index (χ2v) is 7.49. The highest BCUT2D eigenvalue weighted by molar-refractivity contribution is 6.04. The number of fused-ring (bicyclic) bond motifs is 1. The smallest absolute Gasteiger partial charge is 0.253 e. The quantitative estimate of drug-likeness (QED) is 0.856. The molecule has 4 rings (SSSR count). The molecule has 0 bridgehead atoms. The van der Waals surface area contributed by atoms with E-state index in [-0.39, 0.29) is 24.4 Å². The minimum atomic E-state index is -0.120. The number of carbonyl (C=O) groups excluding carboxylic acids is 2. The molecule has 0 radical (unpaired) electrons. The Morgan fingerprint density at radius 2 is 1.78 bits per heavy atom. The summed E-state index contributed by atoms with van der Waals surface area (Å²) in [7, 11) is 0. The largest absolute Gasteiger partial charge is 0.359 e. The van der Waals surface area contributed by atoms with E-state index < -0.39 is 0 Å². The number of nitrogens with zero attached hydrogens (tertiary/aromatic N) is 1. The van der Waals surface area contributed by atoms with E-state index in [1.807, 2.05) is 24.3 Å². The van der Waals surface area contributed by atoms with E-state index in [9.17, 15) is 9.59 Å². The number of nitrogens with one attached hydrogen (secondary N) is 2. The molecule has 5 nitrogen and oxygen atoms in total. The fourth-order valence-corrected chi connectivity index (χ4v) is 3.63. The first-order valence-electron chi connectivity index (χ1n) is 9.66. The molecule has 2 aromatic carbocycles. The number of amides is 2. The summed E-state index contributed by atoms with van der Waals surface area (Å²) < 4.78 is 0. The Hall–Kier alpha value is -2.82. The van der Waals surface area contributed by atoms with Crippen LogP contribution in [0.3, 0.4) is 0 Å². The van der Waals surface area contributed by atoms with Crippen molar-refractivity contribution >= 4 is 23.2 Å². The molecule has 1 saturated carbocycles. The molecule has 1 fully saturated rings. The third-order valence-electron chi connectivity index (χ3n) is 5.34. The minimum Gasteiger partial charge on any atom is -0.359 e. The lowest BCUT2D eigenvalue weighted by atomic mass is 9.96. The van der Waals surface area contributed by atoms with Crippen LogP contribution in [0.4, 0.5) is 11.4 Å². The summed E-state index contributed by atoms with van der Waals surface area (Å²) in [6, 6.07) is 16.0. The van der Waals surface area contributed by atoms with Crippen LogP contribution in [0.1, 0.15) is 42.1 Å². The van der Waals surface area contributed by atoms with Crippen molar-refractivity contribution in [1.82, 2.24) is 5.32 Å². The lowest BCUT2D eigenvalue weighted by Crippen LogP contribution is -2.42. The minimum absolute atomic E-state index is 0.106. The third kappa shape index (κ3) is 3.97. The molecule has 1 aliphatic carbocycles. The van der Waals surface area contributed by atoms with Crippen molar-refractivity contribution in [3.05, 3.63) is 59.7 Å². The number of benzene rings is 2. The van der Waals surface area contributed by atoms with Gasteiger partial charge < -0.3 is 15.5 Å². The highest BCUT2D eigenvalue weighted by Crippen LogP contribution is 2.30. The van der Waals surface area contributed by atoms with Crippen molar-refractivity contribution < 1.29 is 9.59 Å². The van der Waals surface area contributed by atoms with E-state index in [4.69, 9.17) is 0 Å². The van der Waals surface area contributed by atoms with E-state index in [0.29, 0.717) is 17.3 Å². The third-order valence-corrected chi connectivity index (χ3v) is 5.34. The molecule has 140 valence electrons. The van der Waals surface area contributed by atoms with Crippen molar-refractivity contribution in [2.75, 3.05) is 16.8 Å². The van der Waals surface area contributed by atoms with E-state index >= 15 is 0 Å². The summed E-state index contributed by atoms with van der Waals surface area (Å²) >= 11 is 0. The highest BCUT2D eigenvalue weighted by atomic mass is 16.2. The number of hydrogen-bond donors (Lipinski definition) is 2. The summed E-state index contributed by atoms with van der Waals surface area (Å²) in [5.74, 6) is -0.227. The number of rotatable bonds is 5. The molecule has 0 saturated heterocycles. The monoisotopic (exact) mass is 363 g/mol. The van der Waals surface area contributed by atoms with Crippen molar-refractivity contribution in [3.63, 3.8) is 0 Å². The molecule has 1 unspecified atom stereocenters. The van der Waals surface area contributed by atoms with Crippen LogP contribution in [0.5, 0.6) is 0 Å². The summed E-state index contributed by atoms with van der Waals surface area (Å²) in [4.78, 5) is 27.3. The van der Waals surface area contributed by atoms with Gasteiger partial charge in [0.25, 0.3) is 5.91 Å². The number of para-hydroxylation sites is 2. The van der Waals surface area contributed by atoms with Gasteiger partial charge in [0.1, 0.15) is 0 Å². The zero-order valence-corrected chi connectivity index (χ0v) is 15.6. The Balaban J connectivity index is 1.48. The van der Waals surface area contributed by atoms with Crippen LogP contribution >= 0.6 is 0 Å². The Labute approximate surface area is 159 Å². The number of hydrogen-bond acceptors (Lipinski definition) is 3. The maximum Gasteiger partial charge on any atom is 0.253 e. The molecule has 2 aliphatic rings. The maximum atomic E-state index is 12.8. The fraction of sp³-hybridized carbons (Fsp3) is 0.364. The molecule has 1 aliphatic heterocycles. The molecule has 27 heavy (non-hydrogen) atoms. The van der Waals surface area contributed by atoms with Gasteiger partial charge in [-0.15, -0.1) is 0 Å². The Morgan fingerprint density at radius 1 is 1.04 bits per heavy atom. The van der Waals surface area contributed by atoms with E-state index in [2.05, 4.69) is 34.6 Å². The lowest BCUT2D eigenvalue weighted by molar-refractivity contribution is -0.115. The number of anilines is 2. The molecule has 5 heteroatoms. The van der Waals surface area contributed by atoms with Crippen LogP contribution in [0.15, 0.2) is 48.5 Å². The zero-order chi connectivity index (χ0) is 18.8. The topological polar surface area (TPSA) is 61.4 Å². The standard InChI is InChI=1S/C22H25N3O2/c1-15-10-11-16-6-2-5-9-20(16)25(15)14-21(26)24-19-8-4-3-7-18(19)22(27)23-17-12-13-17/h2-9,15,17H,10-14H2,1H3,(H,23,27)(H,24,26). The molecular weight excluding hydrogens is 338 g/mol. The molecule has 2 N–H and O–H groups in total. The van der Waals surface area contributed by atoms with Crippen LogP contribution in [0.25, 0.3) is 0 Å². The number of carbonyl (C=O) groups is 2. The predicted octanol–water partition coefficient (Wildman–Crippen LogP) is 3.36. The summed E-state index contributed by atoms with van der Waals surface area (Å²) in [6.07, 6.45) is 4.14. The maximum absolute atomic E-state index is 12.8. The van der Waals surface area contributed by atoms with E-state index in [0.717, 1.165) is 31.4 Å². The predicted molar refractivity (Wildman–Crippen MR) is 107 cm³/mol. The second-order valence-electron chi connectivity index (χ2n) is 7.49. The van der Waals surface area contributed by atoms with Crippen LogP contribution < -0.4 is 15.5 Å². The Morgan fingerprint density at radius 3 is 2.59 bits per heavy atom. The molecule has 1 heterocycles. The average Bonchev–Trinajstić information content (AvgIpc) is 3.48. The Bertz CT molecular complexity index is 860. The summed E-state index contributed by atoms with van der Waals surface area (Å²) in [5, 5.41) is 5.93. The van der Waals surface area contributed by atoms with Gasteiger partial charge in [-0.2, -0.15) is 0 Å². The van der Waals surface area contributed by atoms with Gasteiger partial charge in [0.2, 0.25) is 5.91 Å². The Kier molecular flexibility index (Phi) is 4.84. The van der Waals surface area contributed by atoms with E-state index in [1.165, 1.54) is 5.56 Å².